The van der Waals surface area contributed by atoms with E-state index in [1.165, 1.54) is 0 Å². The number of benzene rings is 2. The van der Waals surface area contributed by atoms with Gasteiger partial charge in [-0.2, -0.15) is 0 Å². The number of hydrogen-bond donors (Lipinski definition) is 1. The van der Waals surface area contributed by atoms with Crippen LogP contribution in [0.25, 0.3) is 0 Å². The Bertz CT molecular complexity index is 529. The first-order valence-electron chi connectivity index (χ1n) is 5.95. The van der Waals surface area contributed by atoms with Crippen molar-refractivity contribution in [1.82, 2.24) is 0 Å². The third-order valence-corrected chi connectivity index (χ3v) is 3.53. The Hall–Kier alpha value is -1.22. The molecule has 4 heteroatoms. The van der Waals surface area contributed by atoms with E-state index in [1.807, 2.05) is 42.5 Å². The molecule has 100 valence electrons. The minimum Gasteiger partial charge on any atom is -0.491 e. The second kappa shape index (κ2) is 6.80. The van der Waals surface area contributed by atoms with Crippen molar-refractivity contribution in [1.29, 1.82) is 0 Å². The Kier molecular flexibility index (Phi) is 5.08. The molecule has 0 aliphatic carbocycles. The van der Waals surface area contributed by atoms with Gasteiger partial charge >= 0.3 is 0 Å². The molecule has 2 aromatic carbocycles. The molecule has 2 nitrogen and oxygen atoms in total. The fraction of sp³-hybridized carbons (Fsp3) is 0.200. The Morgan fingerprint density at radius 1 is 1.00 bits per heavy atom. The molecule has 0 aliphatic rings. The minimum absolute atomic E-state index is 0.215. The van der Waals surface area contributed by atoms with Gasteiger partial charge in [0.25, 0.3) is 0 Å². The summed E-state index contributed by atoms with van der Waals surface area (Å²) in [5.74, 6) is 0.735. The molecule has 0 heterocycles. The number of rotatable bonds is 5. The van der Waals surface area contributed by atoms with Gasteiger partial charge in [0, 0.05) is 6.42 Å². The maximum atomic E-state index is 9.95. The lowest BCUT2D eigenvalue weighted by molar-refractivity contribution is 0.108. The van der Waals surface area contributed by atoms with Gasteiger partial charge in [0.2, 0.25) is 0 Å². The SMILES string of the molecule is OC(COc1ccccc1)Cc1cccc(Cl)c1Cl. The van der Waals surface area contributed by atoms with Gasteiger partial charge in [-0.25, -0.2) is 0 Å². The zero-order chi connectivity index (χ0) is 13.7. The number of hydrogen-bond acceptors (Lipinski definition) is 2. The third-order valence-electron chi connectivity index (χ3n) is 2.67. The molecule has 0 aromatic heterocycles. The highest BCUT2D eigenvalue weighted by molar-refractivity contribution is 6.42. The van der Waals surface area contributed by atoms with Crippen LogP contribution >= 0.6 is 23.2 Å². The van der Waals surface area contributed by atoms with E-state index in [-0.39, 0.29) is 6.61 Å². The number of para-hydroxylation sites is 1. The van der Waals surface area contributed by atoms with Gasteiger partial charge in [0.15, 0.2) is 0 Å². The molecule has 1 atom stereocenters. The smallest absolute Gasteiger partial charge is 0.119 e. The Balaban J connectivity index is 1.91. The van der Waals surface area contributed by atoms with Crippen LogP contribution in [-0.2, 0) is 6.42 Å². The van der Waals surface area contributed by atoms with E-state index in [0.717, 1.165) is 11.3 Å². The molecule has 0 radical (unpaired) electrons. The molecule has 0 fully saturated rings. The summed E-state index contributed by atoms with van der Waals surface area (Å²) >= 11 is 12.0. The van der Waals surface area contributed by atoms with E-state index >= 15 is 0 Å². The quantitative estimate of drug-likeness (QED) is 0.904. The molecule has 0 bridgehead atoms. The van der Waals surface area contributed by atoms with Crippen molar-refractivity contribution >= 4 is 23.2 Å². The van der Waals surface area contributed by atoms with Crippen LogP contribution in [0.15, 0.2) is 48.5 Å². The number of aliphatic hydroxyl groups is 1. The number of aliphatic hydroxyl groups excluding tert-OH is 1. The normalized spacial score (nSPS) is 12.2. The average Bonchev–Trinajstić information content (AvgIpc) is 2.43. The molecule has 1 N–H and O–H groups in total. The summed E-state index contributed by atoms with van der Waals surface area (Å²) in [4.78, 5) is 0. The van der Waals surface area contributed by atoms with Gasteiger partial charge in [0.05, 0.1) is 16.1 Å². The van der Waals surface area contributed by atoms with E-state index in [0.29, 0.717) is 16.5 Å². The molecule has 0 aliphatic heterocycles. The molecule has 2 aromatic rings. The van der Waals surface area contributed by atoms with Gasteiger partial charge < -0.3 is 9.84 Å². The summed E-state index contributed by atoms with van der Waals surface area (Å²) in [6, 6.07) is 14.8. The summed E-state index contributed by atoms with van der Waals surface area (Å²) in [7, 11) is 0. The van der Waals surface area contributed by atoms with Crippen molar-refractivity contribution in [3.63, 3.8) is 0 Å². The van der Waals surface area contributed by atoms with Crippen LogP contribution in [-0.4, -0.2) is 17.8 Å². The third kappa shape index (κ3) is 4.13. The van der Waals surface area contributed by atoms with Crippen LogP contribution in [0.3, 0.4) is 0 Å². The Morgan fingerprint density at radius 3 is 2.47 bits per heavy atom. The molecule has 0 saturated heterocycles. The van der Waals surface area contributed by atoms with Crippen molar-refractivity contribution in [2.24, 2.45) is 0 Å². The zero-order valence-corrected chi connectivity index (χ0v) is 11.7. The molecule has 0 saturated carbocycles. The molecular formula is C15H14Cl2O2. The highest BCUT2D eigenvalue weighted by atomic mass is 35.5. The van der Waals surface area contributed by atoms with Crippen LogP contribution in [0.2, 0.25) is 10.0 Å². The fourth-order valence-electron chi connectivity index (χ4n) is 1.73. The number of halogens is 2. The van der Waals surface area contributed by atoms with Gasteiger partial charge in [-0.3, -0.25) is 0 Å². The summed E-state index contributed by atoms with van der Waals surface area (Å²) in [6.45, 7) is 0.215. The molecule has 2 rings (SSSR count). The largest absolute Gasteiger partial charge is 0.491 e. The van der Waals surface area contributed by atoms with Crippen LogP contribution < -0.4 is 4.74 Å². The molecular weight excluding hydrogens is 283 g/mol. The van der Waals surface area contributed by atoms with Crippen LogP contribution in [0.1, 0.15) is 5.56 Å². The van der Waals surface area contributed by atoms with Crippen molar-refractivity contribution in [2.45, 2.75) is 12.5 Å². The predicted molar refractivity (Wildman–Crippen MR) is 78.1 cm³/mol. The van der Waals surface area contributed by atoms with Gasteiger partial charge in [-0.1, -0.05) is 53.5 Å². The standard InChI is InChI=1S/C15H14Cl2O2/c16-14-8-4-5-11(15(14)17)9-12(18)10-19-13-6-2-1-3-7-13/h1-8,12,18H,9-10H2. The lowest BCUT2D eigenvalue weighted by Crippen LogP contribution is -2.20. The van der Waals surface area contributed by atoms with E-state index < -0.39 is 6.10 Å². The first kappa shape index (κ1) is 14.2. The lowest BCUT2D eigenvalue weighted by Gasteiger charge is -2.13. The summed E-state index contributed by atoms with van der Waals surface area (Å²) in [5, 5.41) is 10.9. The summed E-state index contributed by atoms with van der Waals surface area (Å²) < 4.78 is 5.48. The van der Waals surface area contributed by atoms with Crippen molar-refractivity contribution in [3.8, 4) is 5.75 Å². The monoisotopic (exact) mass is 296 g/mol. The molecule has 0 amide bonds. The first-order chi connectivity index (χ1) is 9.16. The predicted octanol–water partition coefficient (Wildman–Crippen LogP) is 3.98. The van der Waals surface area contributed by atoms with E-state index in [1.54, 1.807) is 6.07 Å². The Labute approximate surface area is 122 Å². The molecule has 0 spiro atoms. The fourth-order valence-corrected chi connectivity index (χ4v) is 2.13. The van der Waals surface area contributed by atoms with Crippen molar-refractivity contribution < 1.29 is 9.84 Å². The summed E-state index contributed by atoms with van der Waals surface area (Å²) in [5.41, 5.74) is 0.818. The summed E-state index contributed by atoms with van der Waals surface area (Å²) in [6.07, 6.45) is -0.220. The Morgan fingerprint density at radius 2 is 1.74 bits per heavy atom. The topological polar surface area (TPSA) is 29.5 Å². The minimum atomic E-state index is -0.629. The maximum absolute atomic E-state index is 9.95. The maximum Gasteiger partial charge on any atom is 0.119 e. The van der Waals surface area contributed by atoms with E-state index in [2.05, 4.69) is 0 Å². The zero-order valence-electron chi connectivity index (χ0n) is 10.2. The van der Waals surface area contributed by atoms with Crippen LogP contribution in [0, 0.1) is 0 Å². The van der Waals surface area contributed by atoms with Gasteiger partial charge in [0.1, 0.15) is 12.4 Å². The highest BCUT2D eigenvalue weighted by Gasteiger charge is 2.11. The number of ether oxygens (including phenoxy) is 1. The van der Waals surface area contributed by atoms with Gasteiger partial charge in [-0.15, -0.1) is 0 Å². The lowest BCUT2D eigenvalue weighted by atomic mass is 10.1. The van der Waals surface area contributed by atoms with Crippen molar-refractivity contribution in [2.75, 3.05) is 6.61 Å². The molecule has 19 heavy (non-hydrogen) atoms. The van der Waals surface area contributed by atoms with Gasteiger partial charge in [-0.05, 0) is 23.8 Å². The van der Waals surface area contributed by atoms with Crippen LogP contribution in [0.4, 0.5) is 0 Å². The van der Waals surface area contributed by atoms with E-state index in [9.17, 15) is 5.11 Å². The second-order valence-electron chi connectivity index (χ2n) is 4.19. The first-order valence-corrected chi connectivity index (χ1v) is 6.71. The average molecular weight is 297 g/mol. The second-order valence-corrected chi connectivity index (χ2v) is 4.98. The van der Waals surface area contributed by atoms with Crippen LogP contribution in [0.5, 0.6) is 5.75 Å². The molecule has 1 unspecified atom stereocenters. The highest BCUT2D eigenvalue weighted by Crippen LogP contribution is 2.26. The van der Waals surface area contributed by atoms with E-state index in [4.69, 9.17) is 27.9 Å². The van der Waals surface area contributed by atoms with Crippen molar-refractivity contribution in [3.05, 3.63) is 64.1 Å².